The lowest BCUT2D eigenvalue weighted by Gasteiger charge is -2.10. The average Bonchev–Trinajstić information content (AvgIpc) is 3.13. The number of oxazole rings is 1. The van der Waals surface area contributed by atoms with Crippen LogP contribution < -0.4 is 10.5 Å². The number of benzene rings is 2. The van der Waals surface area contributed by atoms with E-state index in [0.29, 0.717) is 29.3 Å². The van der Waals surface area contributed by atoms with Crippen LogP contribution in [-0.2, 0) is 6.54 Å². The molecule has 0 N–H and O–H groups in total. The lowest BCUT2D eigenvalue weighted by Crippen LogP contribution is -2.15. The summed E-state index contributed by atoms with van der Waals surface area (Å²) >= 11 is 6.18. The number of rotatable bonds is 8. The van der Waals surface area contributed by atoms with Gasteiger partial charge in [0.1, 0.15) is 0 Å². The molecule has 4 rings (SSSR count). The zero-order valence-electron chi connectivity index (χ0n) is 18.3. The molecule has 0 spiro atoms. The maximum atomic E-state index is 12.4. The largest absolute Gasteiger partial charge is 0.490 e. The monoisotopic (exact) mass is 463 g/mol. The molecule has 4 aromatic rings. The van der Waals surface area contributed by atoms with Crippen molar-refractivity contribution in [1.29, 1.82) is 5.26 Å². The summed E-state index contributed by atoms with van der Waals surface area (Å²) in [4.78, 5) is 23.4. The molecule has 0 radical (unpaired) electrons. The number of nitriles is 1. The Morgan fingerprint density at radius 3 is 2.73 bits per heavy atom. The lowest BCUT2D eigenvalue weighted by molar-refractivity contribution is 0.280. The van der Waals surface area contributed by atoms with E-state index >= 15 is 0 Å². The minimum absolute atomic E-state index is 0.228. The summed E-state index contributed by atoms with van der Waals surface area (Å²) in [5.74, 6) is 0.631. The van der Waals surface area contributed by atoms with Crippen molar-refractivity contribution in [1.82, 2.24) is 19.4 Å². The highest BCUT2D eigenvalue weighted by Crippen LogP contribution is 2.26. The molecule has 0 unspecified atom stereocenters. The minimum Gasteiger partial charge on any atom is -0.490 e. The zero-order valence-corrected chi connectivity index (χ0v) is 19.0. The van der Waals surface area contributed by atoms with Crippen molar-refractivity contribution in [2.45, 2.75) is 13.0 Å². The molecule has 9 heteroatoms. The van der Waals surface area contributed by atoms with Crippen molar-refractivity contribution in [2.75, 3.05) is 27.2 Å². The molecule has 0 aliphatic carbocycles. The molecule has 0 atom stereocenters. The molecule has 0 fully saturated rings. The average molecular weight is 464 g/mol. The topological polar surface area (TPSA) is 97.2 Å². The second-order valence-corrected chi connectivity index (χ2v) is 8.23. The number of halogens is 1. The second kappa shape index (κ2) is 9.86. The predicted molar refractivity (Wildman–Crippen MR) is 125 cm³/mol. The highest BCUT2D eigenvalue weighted by atomic mass is 35.5. The van der Waals surface area contributed by atoms with Crippen molar-refractivity contribution in [3.8, 4) is 23.2 Å². The van der Waals surface area contributed by atoms with Gasteiger partial charge in [-0.3, -0.25) is 4.57 Å². The van der Waals surface area contributed by atoms with Crippen LogP contribution in [0.5, 0.6) is 5.75 Å². The van der Waals surface area contributed by atoms with Gasteiger partial charge in [-0.15, -0.1) is 0 Å². The predicted octanol–water partition coefficient (Wildman–Crippen LogP) is 3.96. The van der Waals surface area contributed by atoms with E-state index in [4.69, 9.17) is 20.8 Å². The Morgan fingerprint density at radius 2 is 2.00 bits per heavy atom. The first-order valence-corrected chi connectivity index (χ1v) is 10.7. The summed E-state index contributed by atoms with van der Waals surface area (Å²) in [6.45, 7) is 1.80. The first kappa shape index (κ1) is 22.5. The van der Waals surface area contributed by atoms with E-state index in [1.807, 2.05) is 44.4 Å². The van der Waals surface area contributed by atoms with Gasteiger partial charge in [-0.25, -0.2) is 14.8 Å². The summed E-state index contributed by atoms with van der Waals surface area (Å²) in [6.07, 6.45) is 4.23. The molecule has 0 saturated heterocycles. The molecule has 0 bridgehead atoms. The lowest BCUT2D eigenvalue weighted by atomic mass is 10.1. The number of fused-ring (bicyclic) bond motifs is 1. The van der Waals surface area contributed by atoms with Crippen LogP contribution in [0.2, 0.25) is 5.02 Å². The van der Waals surface area contributed by atoms with Crippen LogP contribution in [0.4, 0.5) is 0 Å². The summed E-state index contributed by atoms with van der Waals surface area (Å²) in [7, 11) is 4.05. The molecular weight excluding hydrogens is 442 g/mol. The number of nitrogens with zero attached hydrogens (tertiary/aromatic N) is 5. The third-order valence-corrected chi connectivity index (χ3v) is 5.31. The van der Waals surface area contributed by atoms with Crippen LogP contribution >= 0.6 is 11.6 Å². The van der Waals surface area contributed by atoms with E-state index in [1.54, 1.807) is 18.5 Å². The summed E-state index contributed by atoms with van der Waals surface area (Å²) in [5, 5.41) is 9.45. The van der Waals surface area contributed by atoms with Crippen molar-refractivity contribution < 1.29 is 9.15 Å². The summed E-state index contributed by atoms with van der Waals surface area (Å²) in [6, 6.07) is 12.7. The van der Waals surface area contributed by atoms with Crippen LogP contribution in [0.25, 0.3) is 22.5 Å². The van der Waals surface area contributed by atoms with Gasteiger partial charge in [0, 0.05) is 12.1 Å². The molecule has 0 saturated carbocycles. The first-order chi connectivity index (χ1) is 15.9. The number of aromatic nitrogens is 3. The fourth-order valence-corrected chi connectivity index (χ4v) is 3.69. The van der Waals surface area contributed by atoms with E-state index in [9.17, 15) is 10.1 Å². The highest BCUT2D eigenvalue weighted by Gasteiger charge is 2.15. The maximum absolute atomic E-state index is 12.4. The number of ether oxygens (including phenoxy) is 1. The normalized spacial score (nSPS) is 11.1. The van der Waals surface area contributed by atoms with Gasteiger partial charge < -0.3 is 14.1 Å². The second-order valence-electron chi connectivity index (χ2n) is 7.82. The van der Waals surface area contributed by atoms with Crippen molar-refractivity contribution >= 4 is 22.7 Å². The number of hydrogen-bond donors (Lipinski definition) is 0. The fourth-order valence-electron chi connectivity index (χ4n) is 3.44. The molecule has 0 aliphatic rings. The molecule has 2 aromatic heterocycles. The minimum atomic E-state index is -0.542. The fraction of sp³-hybridized carbons (Fsp3) is 0.250. The highest BCUT2D eigenvalue weighted by molar-refractivity contribution is 6.34. The van der Waals surface area contributed by atoms with Crippen LogP contribution in [0, 0.1) is 11.3 Å². The van der Waals surface area contributed by atoms with Gasteiger partial charge in [-0.2, -0.15) is 5.26 Å². The molecule has 0 aliphatic heterocycles. The first-order valence-electron chi connectivity index (χ1n) is 10.4. The Morgan fingerprint density at radius 1 is 1.21 bits per heavy atom. The molecular formula is C24H22ClN5O3. The molecule has 168 valence electrons. The smallest absolute Gasteiger partial charge is 0.420 e. The SMILES string of the molecule is CN(C)CCCOc1cnc(-c2cccc(Cn3c(=O)oc4c(Cl)cc(C#N)cc43)c2)nc1. The van der Waals surface area contributed by atoms with Gasteiger partial charge in [0.2, 0.25) is 0 Å². The molecule has 2 aromatic carbocycles. The van der Waals surface area contributed by atoms with E-state index in [1.165, 1.54) is 10.6 Å². The van der Waals surface area contributed by atoms with Gasteiger partial charge in [-0.1, -0.05) is 29.8 Å². The Kier molecular flexibility index (Phi) is 6.73. The van der Waals surface area contributed by atoms with Crippen LogP contribution in [0.15, 0.2) is 58.0 Å². The standard InChI is InChI=1S/C24H22ClN5O3/c1-29(2)7-4-8-32-19-13-27-23(28-14-19)18-6-3-5-16(9-18)15-30-21-11-17(12-26)10-20(25)22(21)33-24(30)31/h3,5-6,9-11,13-14H,4,7-8,15H2,1-2H3. The quantitative estimate of drug-likeness (QED) is 0.365. The van der Waals surface area contributed by atoms with Crippen LogP contribution in [0.1, 0.15) is 17.5 Å². The van der Waals surface area contributed by atoms with Crippen LogP contribution in [-0.4, -0.2) is 46.7 Å². The Balaban J connectivity index is 1.53. The third-order valence-electron chi connectivity index (χ3n) is 5.03. The maximum Gasteiger partial charge on any atom is 0.420 e. The Labute approximate surface area is 195 Å². The van der Waals surface area contributed by atoms with E-state index in [-0.39, 0.29) is 17.2 Å². The van der Waals surface area contributed by atoms with Gasteiger partial charge in [-0.05, 0) is 44.3 Å². The number of hydrogen-bond acceptors (Lipinski definition) is 7. The van der Waals surface area contributed by atoms with E-state index < -0.39 is 5.76 Å². The summed E-state index contributed by atoms with van der Waals surface area (Å²) in [5.41, 5.74) is 2.75. The van der Waals surface area contributed by atoms with Gasteiger partial charge in [0.05, 0.1) is 47.7 Å². The molecule has 0 amide bonds. The van der Waals surface area contributed by atoms with Gasteiger partial charge >= 0.3 is 5.76 Å². The van der Waals surface area contributed by atoms with Crippen molar-refractivity contribution in [3.63, 3.8) is 0 Å². The van der Waals surface area contributed by atoms with E-state index in [0.717, 1.165) is 24.1 Å². The van der Waals surface area contributed by atoms with Gasteiger partial charge in [0.15, 0.2) is 17.2 Å². The Hall–Kier alpha value is -3.67. The van der Waals surface area contributed by atoms with Crippen molar-refractivity contribution in [2.24, 2.45) is 0 Å². The van der Waals surface area contributed by atoms with E-state index in [2.05, 4.69) is 14.9 Å². The summed E-state index contributed by atoms with van der Waals surface area (Å²) < 4.78 is 12.4. The molecule has 8 nitrogen and oxygen atoms in total. The Bertz CT molecular complexity index is 1370. The van der Waals surface area contributed by atoms with Crippen LogP contribution in [0.3, 0.4) is 0 Å². The van der Waals surface area contributed by atoms with Crippen molar-refractivity contribution in [3.05, 3.63) is 75.5 Å². The third kappa shape index (κ3) is 5.22. The van der Waals surface area contributed by atoms with Gasteiger partial charge in [0.25, 0.3) is 0 Å². The zero-order chi connectivity index (χ0) is 23.4. The molecule has 33 heavy (non-hydrogen) atoms. The molecule has 2 heterocycles.